The Morgan fingerprint density at radius 2 is 1.83 bits per heavy atom. The summed E-state index contributed by atoms with van der Waals surface area (Å²) < 4.78 is 27.0. The highest BCUT2D eigenvalue weighted by atomic mass is 19.1. The highest BCUT2D eigenvalue weighted by Gasteiger charge is 2.18. The molecule has 0 aromatic heterocycles. The molecule has 0 spiro atoms. The zero-order valence-electron chi connectivity index (χ0n) is 12.6. The van der Waals surface area contributed by atoms with Crippen LogP contribution < -0.4 is 10.6 Å². The third kappa shape index (κ3) is 4.51. The van der Waals surface area contributed by atoms with Gasteiger partial charge in [0.15, 0.2) is 0 Å². The van der Waals surface area contributed by atoms with Gasteiger partial charge in [0.05, 0.1) is 17.2 Å². The molecule has 0 heterocycles. The normalized spacial score (nSPS) is 11.4. The van der Waals surface area contributed by atoms with Gasteiger partial charge in [-0.1, -0.05) is 18.2 Å². The lowest BCUT2D eigenvalue weighted by Crippen LogP contribution is -2.37. The van der Waals surface area contributed by atoms with E-state index in [1.807, 2.05) is 6.07 Å². The van der Waals surface area contributed by atoms with E-state index < -0.39 is 29.3 Å². The first-order valence-electron chi connectivity index (χ1n) is 7.14. The number of halogens is 2. The minimum atomic E-state index is -1.50. The first-order valence-corrected chi connectivity index (χ1v) is 7.14. The van der Waals surface area contributed by atoms with Crippen LogP contribution in [-0.4, -0.2) is 17.7 Å². The Hall–Kier alpha value is -2.98. The molecule has 2 aromatic rings. The van der Waals surface area contributed by atoms with E-state index in [2.05, 4.69) is 10.6 Å². The summed E-state index contributed by atoms with van der Waals surface area (Å²) in [4.78, 5) is 11.7. The zero-order chi connectivity index (χ0) is 17.5. The van der Waals surface area contributed by atoms with Crippen molar-refractivity contribution in [1.82, 2.24) is 10.6 Å². The third-order valence-electron chi connectivity index (χ3n) is 3.30. The number of nitrogens with zero attached hydrogens (tertiary/aromatic N) is 1. The molecule has 0 saturated carbocycles. The van der Waals surface area contributed by atoms with E-state index >= 15 is 0 Å². The predicted octanol–water partition coefficient (Wildman–Crippen LogP) is 2.37. The Balaban J connectivity index is 1.86. The van der Waals surface area contributed by atoms with Gasteiger partial charge in [-0.05, 0) is 29.8 Å². The SMILES string of the molecule is N#Cc1cccc(CNC(=O)NCC(O)c2c(F)cccc2F)c1. The van der Waals surface area contributed by atoms with E-state index in [0.717, 1.165) is 17.7 Å². The second-order valence-electron chi connectivity index (χ2n) is 5.03. The lowest BCUT2D eigenvalue weighted by Gasteiger charge is -2.14. The Morgan fingerprint density at radius 1 is 1.17 bits per heavy atom. The predicted molar refractivity (Wildman–Crippen MR) is 82.7 cm³/mol. The van der Waals surface area contributed by atoms with Gasteiger partial charge in [-0.15, -0.1) is 0 Å². The van der Waals surface area contributed by atoms with E-state index in [-0.39, 0.29) is 13.1 Å². The first kappa shape index (κ1) is 17.4. The van der Waals surface area contributed by atoms with Gasteiger partial charge >= 0.3 is 6.03 Å². The smallest absolute Gasteiger partial charge is 0.315 e. The summed E-state index contributed by atoms with van der Waals surface area (Å²) >= 11 is 0. The molecule has 0 fully saturated rings. The number of carbonyl (C=O) groups is 1. The Labute approximate surface area is 137 Å². The van der Waals surface area contributed by atoms with Gasteiger partial charge in [0.2, 0.25) is 0 Å². The monoisotopic (exact) mass is 331 g/mol. The number of carbonyl (C=O) groups excluding carboxylic acids is 1. The van der Waals surface area contributed by atoms with Crippen molar-refractivity contribution in [2.75, 3.05) is 6.54 Å². The number of aliphatic hydroxyl groups is 1. The number of nitriles is 1. The second-order valence-corrected chi connectivity index (χ2v) is 5.03. The number of hydrogen-bond acceptors (Lipinski definition) is 3. The lowest BCUT2D eigenvalue weighted by molar-refractivity contribution is 0.164. The number of benzene rings is 2. The number of nitrogens with one attached hydrogen (secondary N) is 2. The van der Waals surface area contributed by atoms with Crippen LogP contribution in [0.1, 0.15) is 22.8 Å². The van der Waals surface area contributed by atoms with Crippen molar-refractivity contribution in [2.24, 2.45) is 0 Å². The number of rotatable bonds is 5. The Bertz CT molecular complexity index is 754. The molecule has 0 aliphatic rings. The fourth-order valence-electron chi connectivity index (χ4n) is 2.12. The minimum absolute atomic E-state index is 0.172. The van der Waals surface area contributed by atoms with Crippen LogP contribution in [0.15, 0.2) is 42.5 Å². The first-order chi connectivity index (χ1) is 11.5. The molecule has 1 unspecified atom stereocenters. The molecule has 1 atom stereocenters. The summed E-state index contributed by atoms with van der Waals surface area (Å²) in [5.74, 6) is -1.75. The summed E-state index contributed by atoms with van der Waals surface area (Å²) in [5, 5.41) is 23.5. The molecule has 24 heavy (non-hydrogen) atoms. The zero-order valence-corrected chi connectivity index (χ0v) is 12.6. The van der Waals surface area contributed by atoms with E-state index in [0.29, 0.717) is 5.56 Å². The topological polar surface area (TPSA) is 85.2 Å². The summed E-state index contributed by atoms with van der Waals surface area (Å²) in [6.07, 6.45) is -1.50. The van der Waals surface area contributed by atoms with Crippen LogP contribution in [0.25, 0.3) is 0 Å². The van der Waals surface area contributed by atoms with Crippen molar-refractivity contribution < 1.29 is 18.7 Å². The standard InChI is InChI=1S/C17H15F2N3O2/c18-13-5-2-6-14(19)16(13)15(23)10-22-17(24)21-9-12-4-1-3-11(7-12)8-20/h1-7,15,23H,9-10H2,(H2,21,22,24). The Kier molecular flexibility index (Phi) is 5.82. The molecule has 0 saturated heterocycles. The number of aliphatic hydroxyl groups excluding tert-OH is 1. The average Bonchev–Trinajstić information content (AvgIpc) is 2.58. The van der Waals surface area contributed by atoms with Crippen LogP contribution in [0.5, 0.6) is 0 Å². The van der Waals surface area contributed by atoms with Gasteiger partial charge < -0.3 is 15.7 Å². The highest BCUT2D eigenvalue weighted by Crippen LogP contribution is 2.19. The van der Waals surface area contributed by atoms with Crippen molar-refractivity contribution in [2.45, 2.75) is 12.6 Å². The molecule has 2 amide bonds. The maximum atomic E-state index is 13.5. The second kappa shape index (κ2) is 8.04. The van der Waals surface area contributed by atoms with Gasteiger partial charge in [0, 0.05) is 13.1 Å². The molecular formula is C17H15F2N3O2. The van der Waals surface area contributed by atoms with Crippen molar-refractivity contribution >= 4 is 6.03 Å². The van der Waals surface area contributed by atoms with Crippen molar-refractivity contribution in [3.05, 3.63) is 70.8 Å². The highest BCUT2D eigenvalue weighted by molar-refractivity contribution is 5.73. The molecule has 0 aliphatic heterocycles. The van der Waals surface area contributed by atoms with Crippen LogP contribution >= 0.6 is 0 Å². The van der Waals surface area contributed by atoms with Gasteiger partial charge in [-0.2, -0.15) is 5.26 Å². The number of amides is 2. The van der Waals surface area contributed by atoms with Gasteiger partial charge in [-0.3, -0.25) is 0 Å². The van der Waals surface area contributed by atoms with Crippen molar-refractivity contribution in [1.29, 1.82) is 5.26 Å². The molecule has 3 N–H and O–H groups in total. The molecule has 124 valence electrons. The fraction of sp³-hybridized carbons (Fsp3) is 0.176. The van der Waals surface area contributed by atoms with E-state index in [1.165, 1.54) is 6.07 Å². The summed E-state index contributed by atoms with van der Waals surface area (Å²) in [6, 6.07) is 11.3. The van der Waals surface area contributed by atoms with E-state index in [9.17, 15) is 18.7 Å². The summed E-state index contributed by atoms with van der Waals surface area (Å²) in [7, 11) is 0. The average molecular weight is 331 g/mol. The van der Waals surface area contributed by atoms with Crippen LogP contribution in [0, 0.1) is 23.0 Å². The molecule has 7 heteroatoms. The summed E-state index contributed by atoms with van der Waals surface area (Å²) in [6.45, 7) is -0.173. The fourth-order valence-corrected chi connectivity index (χ4v) is 2.12. The summed E-state index contributed by atoms with van der Waals surface area (Å²) in [5.41, 5.74) is 0.713. The van der Waals surface area contributed by atoms with Crippen LogP contribution in [0.3, 0.4) is 0 Å². The number of urea groups is 1. The maximum absolute atomic E-state index is 13.5. The Morgan fingerprint density at radius 3 is 2.50 bits per heavy atom. The van der Waals surface area contributed by atoms with Crippen LogP contribution in [-0.2, 0) is 6.54 Å². The quantitative estimate of drug-likeness (QED) is 0.786. The molecule has 2 rings (SSSR count). The number of hydrogen-bond donors (Lipinski definition) is 3. The van der Waals surface area contributed by atoms with Crippen LogP contribution in [0.4, 0.5) is 13.6 Å². The molecular weight excluding hydrogens is 316 g/mol. The van der Waals surface area contributed by atoms with Crippen LogP contribution in [0.2, 0.25) is 0 Å². The minimum Gasteiger partial charge on any atom is -0.386 e. The molecule has 0 aliphatic carbocycles. The van der Waals surface area contributed by atoms with Crippen molar-refractivity contribution in [3.63, 3.8) is 0 Å². The van der Waals surface area contributed by atoms with Gasteiger partial charge in [0.25, 0.3) is 0 Å². The van der Waals surface area contributed by atoms with E-state index in [4.69, 9.17) is 5.26 Å². The van der Waals surface area contributed by atoms with Gasteiger partial charge in [-0.25, -0.2) is 13.6 Å². The largest absolute Gasteiger partial charge is 0.386 e. The lowest BCUT2D eigenvalue weighted by atomic mass is 10.1. The van der Waals surface area contributed by atoms with E-state index in [1.54, 1.807) is 24.3 Å². The van der Waals surface area contributed by atoms with Gasteiger partial charge in [0.1, 0.15) is 17.7 Å². The molecule has 0 bridgehead atoms. The maximum Gasteiger partial charge on any atom is 0.315 e. The third-order valence-corrected chi connectivity index (χ3v) is 3.30. The molecule has 2 aromatic carbocycles. The van der Waals surface area contributed by atoms with Crippen molar-refractivity contribution in [3.8, 4) is 6.07 Å². The molecule has 5 nitrogen and oxygen atoms in total. The molecule has 0 radical (unpaired) electrons.